The van der Waals surface area contributed by atoms with Gasteiger partial charge in [0.1, 0.15) is 0 Å². The summed E-state index contributed by atoms with van der Waals surface area (Å²) in [5.74, 6) is 0. The van der Waals surface area contributed by atoms with E-state index < -0.39 is 0 Å². The smallest absolute Gasteiger partial charge is 0.0674 e. The average molecular weight is 166 g/mol. The summed E-state index contributed by atoms with van der Waals surface area (Å²) in [6.07, 6.45) is 5.00. The van der Waals surface area contributed by atoms with Gasteiger partial charge in [-0.1, -0.05) is 59.2 Å². The lowest BCUT2D eigenvalue weighted by Gasteiger charge is -2.42. The second-order valence-electron chi connectivity index (χ2n) is 4.74. The Kier molecular flexibility index (Phi) is 4.37. The van der Waals surface area contributed by atoms with Crippen molar-refractivity contribution >= 4 is 7.85 Å². The Morgan fingerprint density at radius 3 is 1.83 bits per heavy atom. The van der Waals surface area contributed by atoms with Crippen molar-refractivity contribution in [1.29, 1.82) is 0 Å². The van der Waals surface area contributed by atoms with Crippen molar-refractivity contribution in [2.75, 3.05) is 0 Å². The molecule has 70 valence electrons. The largest absolute Gasteiger partial charge is 0.0746 e. The first-order chi connectivity index (χ1) is 5.37. The van der Waals surface area contributed by atoms with Crippen molar-refractivity contribution in [2.45, 2.75) is 65.6 Å². The number of hydrogen-bond donors (Lipinski definition) is 0. The maximum absolute atomic E-state index is 6.17. The molecule has 0 rings (SSSR count). The Balaban J connectivity index is 4.24. The van der Waals surface area contributed by atoms with Crippen LogP contribution in [0.1, 0.15) is 60.3 Å². The fourth-order valence-electron chi connectivity index (χ4n) is 1.52. The Labute approximate surface area is 79.5 Å². The van der Waals surface area contributed by atoms with E-state index in [9.17, 15) is 0 Å². The van der Waals surface area contributed by atoms with Crippen LogP contribution in [-0.4, -0.2) is 7.85 Å². The van der Waals surface area contributed by atoms with Crippen molar-refractivity contribution in [2.24, 2.45) is 5.41 Å². The number of rotatable bonds is 5. The third kappa shape index (κ3) is 2.84. The molecule has 1 atom stereocenters. The lowest BCUT2D eigenvalue weighted by molar-refractivity contribution is 0.200. The molecule has 0 spiro atoms. The lowest BCUT2D eigenvalue weighted by atomic mass is 9.53. The van der Waals surface area contributed by atoms with Crippen LogP contribution in [0, 0.1) is 5.41 Å². The molecule has 1 heteroatoms. The highest BCUT2D eigenvalue weighted by Crippen LogP contribution is 2.48. The quantitative estimate of drug-likeness (QED) is 0.542. The van der Waals surface area contributed by atoms with Crippen LogP contribution in [0.4, 0.5) is 0 Å². The van der Waals surface area contributed by atoms with Crippen LogP contribution in [0.3, 0.4) is 0 Å². The third-order valence-corrected chi connectivity index (χ3v) is 3.42. The van der Waals surface area contributed by atoms with E-state index in [1.807, 2.05) is 0 Å². The van der Waals surface area contributed by atoms with Gasteiger partial charge in [-0.05, 0) is 11.8 Å². The summed E-state index contributed by atoms with van der Waals surface area (Å²) in [6, 6.07) is 0. The molecule has 0 amide bonds. The molecule has 12 heavy (non-hydrogen) atoms. The van der Waals surface area contributed by atoms with Crippen LogP contribution in [0.25, 0.3) is 0 Å². The minimum Gasteiger partial charge on any atom is -0.0674 e. The minimum absolute atomic E-state index is 0.0447. The van der Waals surface area contributed by atoms with Gasteiger partial charge < -0.3 is 0 Å². The lowest BCUT2D eigenvalue weighted by Crippen LogP contribution is -2.29. The van der Waals surface area contributed by atoms with Gasteiger partial charge in [-0.2, -0.15) is 0 Å². The van der Waals surface area contributed by atoms with E-state index in [-0.39, 0.29) is 5.31 Å². The van der Waals surface area contributed by atoms with Gasteiger partial charge in [0.05, 0.1) is 7.85 Å². The van der Waals surface area contributed by atoms with E-state index in [0.717, 1.165) is 0 Å². The molecule has 0 saturated heterocycles. The fraction of sp³-hybridized carbons (Fsp3) is 1.00. The second kappa shape index (κ2) is 4.34. The van der Waals surface area contributed by atoms with E-state index in [2.05, 4.69) is 34.6 Å². The highest BCUT2D eigenvalue weighted by atomic mass is 14.4. The van der Waals surface area contributed by atoms with Crippen LogP contribution in [-0.2, 0) is 0 Å². The molecular weight excluding hydrogens is 143 g/mol. The van der Waals surface area contributed by atoms with E-state index in [1.54, 1.807) is 0 Å². The molecule has 0 aliphatic heterocycles. The second-order valence-corrected chi connectivity index (χ2v) is 4.74. The Bertz CT molecular complexity index is 123. The zero-order chi connectivity index (χ0) is 9.83. The monoisotopic (exact) mass is 166 g/mol. The highest BCUT2D eigenvalue weighted by molar-refractivity contribution is 6.15. The minimum atomic E-state index is -0.0447. The first kappa shape index (κ1) is 12.1. The van der Waals surface area contributed by atoms with Gasteiger partial charge in [0.15, 0.2) is 0 Å². The molecule has 0 heterocycles. The zero-order valence-corrected chi connectivity index (χ0v) is 9.41. The maximum atomic E-state index is 6.17. The molecule has 2 radical (unpaired) electrons. The summed E-state index contributed by atoms with van der Waals surface area (Å²) >= 11 is 0. The van der Waals surface area contributed by atoms with E-state index in [4.69, 9.17) is 7.85 Å². The zero-order valence-electron chi connectivity index (χ0n) is 9.41. The predicted octanol–water partition coefficient (Wildman–Crippen LogP) is 3.96. The van der Waals surface area contributed by atoms with Gasteiger partial charge in [0.25, 0.3) is 0 Å². The van der Waals surface area contributed by atoms with Gasteiger partial charge >= 0.3 is 0 Å². The van der Waals surface area contributed by atoms with Gasteiger partial charge in [0, 0.05) is 0 Å². The molecular formula is C11H23B. The van der Waals surface area contributed by atoms with Gasteiger partial charge in [-0.25, -0.2) is 0 Å². The molecule has 0 aromatic heterocycles. The van der Waals surface area contributed by atoms with Crippen LogP contribution >= 0.6 is 0 Å². The molecule has 0 aliphatic carbocycles. The topological polar surface area (TPSA) is 0 Å². The van der Waals surface area contributed by atoms with Crippen LogP contribution in [0.5, 0.6) is 0 Å². The summed E-state index contributed by atoms with van der Waals surface area (Å²) in [5, 5.41) is -0.0447. The molecule has 1 unspecified atom stereocenters. The van der Waals surface area contributed by atoms with E-state index in [1.165, 1.54) is 25.7 Å². The van der Waals surface area contributed by atoms with Crippen molar-refractivity contribution in [3.63, 3.8) is 0 Å². The predicted molar refractivity (Wildman–Crippen MR) is 57.7 cm³/mol. The van der Waals surface area contributed by atoms with Gasteiger partial charge in [-0.3, -0.25) is 0 Å². The standard InChI is InChI=1S/C11H23B/c1-6-8-9-11(5,7-2)10(3,4)12/h6-9H2,1-5H3. The van der Waals surface area contributed by atoms with Gasteiger partial charge in [-0.15, -0.1) is 0 Å². The molecule has 0 aromatic carbocycles. The average Bonchev–Trinajstić information content (AvgIpc) is 1.98. The van der Waals surface area contributed by atoms with Crippen molar-refractivity contribution < 1.29 is 0 Å². The summed E-state index contributed by atoms with van der Waals surface area (Å²) in [7, 11) is 6.17. The normalized spacial score (nSPS) is 17.4. The Morgan fingerprint density at radius 2 is 1.58 bits per heavy atom. The summed E-state index contributed by atoms with van der Waals surface area (Å²) in [4.78, 5) is 0. The molecule has 0 saturated carbocycles. The molecule has 0 fully saturated rings. The van der Waals surface area contributed by atoms with Crippen LogP contribution in [0.2, 0.25) is 5.31 Å². The Hall–Kier alpha value is 0.0649. The first-order valence-corrected chi connectivity index (χ1v) is 5.16. The highest BCUT2D eigenvalue weighted by Gasteiger charge is 2.33. The number of unbranched alkanes of at least 4 members (excludes halogenated alkanes) is 1. The van der Waals surface area contributed by atoms with Crippen LogP contribution < -0.4 is 0 Å². The first-order valence-electron chi connectivity index (χ1n) is 5.16. The fourth-order valence-corrected chi connectivity index (χ4v) is 1.52. The van der Waals surface area contributed by atoms with Crippen molar-refractivity contribution in [1.82, 2.24) is 0 Å². The van der Waals surface area contributed by atoms with E-state index >= 15 is 0 Å². The summed E-state index contributed by atoms with van der Waals surface area (Å²) in [5.41, 5.74) is 0.309. The molecule has 0 bridgehead atoms. The van der Waals surface area contributed by atoms with Crippen LogP contribution in [0.15, 0.2) is 0 Å². The van der Waals surface area contributed by atoms with E-state index in [0.29, 0.717) is 5.41 Å². The van der Waals surface area contributed by atoms with Crippen molar-refractivity contribution in [3.8, 4) is 0 Å². The van der Waals surface area contributed by atoms with Gasteiger partial charge in [0.2, 0.25) is 0 Å². The van der Waals surface area contributed by atoms with Crippen molar-refractivity contribution in [3.05, 3.63) is 0 Å². The number of hydrogen-bond acceptors (Lipinski definition) is 0. The summed E-state index contributed by atoms with van der Waals surface area (Å²) in [6.45, 7) is 11.1. The molecule has 0 aliphatic rings. The Morgan fingerprint density at radius 1 is 1.08 bits per heavy atom. The third-order valence-electron chi connectivity index (χ3n) is 3.42. The maximum Gasteiger partial charge on any atom is 0.0746 e. The molecule has 0 aromatic rings. The molecule has 0 N–H and O–H groups in total. The summed E-state index contributed by atoms with van der Waals surface area (Å²) < 4.78 is 0. The molecule has 0 nitrogen and oxygen atoms in total. The SMILES string of the molecule is [B]C(C)(C)C(C)(CC)CCCC.